The molecule has 106 valence electrons. The van der Waals surface area contributed by atoms with E-state index in [2.05, 4.69) is 43.0 Å². The van der Waals surface area contributed by atoms with Crippen LogP contribution in [0.5, 0.6) is 0 Å². The van der Waals surface area contributed by atoms with Crippen molar-refractivity contribution in [2.45, 2.75) is 45.3 Å². The van der Waals surface area contributed by atoms with Gasteiger partial charge in [-0.2, -0.15) is 0 Å². The zero-order valence-corrected chi connectivity index (χ0v) is 12.1. The quantitative estimate of drug-likeness (QED) is 0.886. The molecule has 3 nitrogen and oxygen atoms in total. The molecule has 0 bridgehead atoms. The Labute approximate surface area is 116 Å². The summed E-state index contributed by atoms with van der Waals surface area (Å²) in [7, 11) is 0. The maximum Gasteiger partial charge on any atom is 0.0608 e. The van der Waals surface area contributed by atoms with Gasteiger partial charge in [-0.3, -0.25) is 0 Å². The highest BCUT2D eigenvalue weighted by atomic mass is 16.5. The number of nitrogens with two attached hydrogens (primary N) is 1. The number of anilines is 1. The number of nitrogens with zero attached hydrogens (tertiary/aromatic N) is 1. The average molecular weight is 262 g/mol. The van der Waals surface area contributed by atoms with Crippen LogP contribution in [0.25, 0.3) is 0 Å². The van der Waals surface area contributed by atoms with Gasteiger partial charge in [0.15, 0.2) is 0 Å². The predicted molar refractivity (Wildman–Crippen MR) is 80.5 cm³/mol. The number of ether oxygens (including phenoxy) is 1. The summed E-state index contributed by atoms with van der Waals surface area (Å²) >= 11 is 0. The van der Waals surface area contributed by atoms with Crippen LogP contribution in [0.15, 0.2) is 24.3 Å². The third-order valence-electron chi connectivity index (χ3n) is 3.97. The number of benzene rings is 1. The average Bonchev–Trinajstić information content (AvgIpc) is 2.48. The van der Waals surface area contributed by atoms with Gasteiger partial charge in [0.25, 0.3) is 0 Å². The Bertz CT molecular complexity index is 369. The highest BCUT2D eigenvalue weighted by Gasteiger charge is 2.19. The van der Waals surface area contributed by atoms with Crippen molar-refractivity contribution < 1.29 is 4.74 Å². The van der Waals surface area contributed by atoms with Crippen molar-refractivity contribution in [1.29, 1.82) is 0 Å². The normalized spacial score (nSPS) is 18.6. The van der Waals surface area contributed by atoms with Gasteiger partial charge in [-0.15, -0.1) is 0 Å². The zero-order valence-electron chi connectivity index (χ0n) is 12.1. The third kappa shape index (κ3) is 3.71. The summed E-state index contributed by atoms with van der Waals surface area (Å²) in [6.07, 6.45) is 3.70. The Morgan fingerprint density at radius 2 is 1.84 bits per heavy atom. The second-order valence-corrected chi connectivity index (χ2v) is 5.25. The van der Waals surface area contributed by atoms with Gasteiger partial charge < -0.3 is 15.4 Å². The smallest absolute Gasteiger partial charge is 0.0608 e. The number of hydrogen-bond donors (Lipinski definition) is 1. The molecule has 1 aromatic rings. The van der Waals surface area contributed by atoms with Crippen LogP contribution in [0.1, 0.15) is 44.7 Å². The van der Waals surface area contributed by atoms with E-state index in [4.69, 9.17) is 10.5 Å². The second kappa shape index (κ2) is 6.92. The minimum atomic E-state index is 0.165. The SMILES string of the molecule is CCOC1CCN(c2ccc(C(N)CC)cc2)CC1. The van der Waals surface area contributed by atoms with Crippen molar-refractivity contribution in [3.8, 4) is 0 Å². The van der Waals surface area contributed by atoms with Crippen LogP contribution < -0.4 is 10.6 Å². The molecular formula is C16H26N2O. The first-order chi connectivity index (χ1) is 9.24. The van der Waals surface area contributed by atoms with E-state index in [0.29, 0.717) is 6.10 Å². The van der Waals surface area contributed by atoms with Crippen molar-refractivity contribution in [1.82, 2.24) is 0 Å². The fourth-order valence-electron chi connectivity index (χ4n) is 2.68. The molecule has 3 heteroatoms. The van der Waals surface area contributed by atoms with Crippen LogP contribution >= 0.6 is 0 Å². The summed E-state index contributed by atoms with van der Waals surface area (Å²) in [5.74, 6) is 0. The summed E-state index contributed by atoms with van der Waals surface area (Å²) in [5.41, 5.74) is 8.58. The van der Waals surface area contributed by atoms with Gasteiger partial charge in [0.05, 0.1) is 6.10 Å². The lowest BCUT2D eigenvalue weighted by Crippen LogP contribution is -2.37. The molecular weight excluding hydrogens is 236 g/mol. The van der Waals surface area contributed by atoms with Gasteiger partial charge in [-0.25, -0.2) is 0 Å². The summed E-state index contributed by atoms with van der Waals surface area (Å²) in [6, 6.07) is 8.89. The maximum atomic E-state index is 6.04. The van der Waals surface area contributed by atoms with Crippen LogP contribution in [0, 0.1) is 0 Å². The summed E-state index contributed by atoms with van der Waals surface area (Å²) in [5, 5.41) is 0. The van der Waals surface area contributed by atoms with Gasteiger partial charge in [0.1, 0.15) is 0 Å². The standard InChI is InChI=1S/C16H26N2O/c1-3-16(17)13-5-7-14(8-6-13)18-11-9-15(10-12-18)19-4-2/h5-8,15-16H,3-4,9-12,17H2,1-2H3. The highest BCUT2D eigenvalue weighted by molar-refractivity contribution is 5.48. The van der Waals surface area contributed by atoms with Crippen molar-refractivity contribution in [2.24, 2.45) is 5.73 Å². The minimum Gasteiger partial charge on any atom is -0.378 e. The van der Waals surface area contributed by atoms with Gasteiger partial charge in [0.2, 0.25) is 0 Å². The van der Waals surface area contributed by atoms with E-state index in [1.54, 1.807) is 0 Å². The van der Waals surface area contributed by atoms with Crippen molar-refractivity contribution >= 4 is 5.69 Å². The van der Waals surface area contributed by atoms with E-state index in [1.807, 2.05) is 0 Å². The molecule has 0 saturated carbocycles. The molecule has 0 aliphatic carbocycles. The molecule has 1 atom stereocenters. The topological polar surface area (TPSA) is 38.5 Å². The molecule has 0 radical (unpaired) electrons. The number of hydrogen-bond acceptors (Lipinski definition) is 3. The molecule has 1 aliphatic heterocycles. The van der Waals surface area contributed by atoms with Crippen LogP contribution in [-0.4, -0.2) is 25.8 Å². The fraction of sp³-hybridized carbons (Fsp3) is 0.625. The van der Waals surface area contributed by atoms with Crippen LogP contribution in [0.4, 0.5) is 5.69 Å². The predicted octanol–water partition coefficient (Wildman–Crippen LogP) is 3.10. The summed E-state index contributed by atoms with van der Waals surface area (Å²) in [6.45, 7) is 7.20. The lowest BCUT2D eigenvalue weighted by molar-refractivity contribution is 0.0459. The molecule has 19 heavy (non-hydrogen) atoms. The molecule has 1 aromatic carbocycles. The Morgan fingerprint density at radius 1 is 1.21 bits per heavy atom. The second-order valence-electron chi connectivity index (χ2n) is 5.25. The fourth-order valence-corrected chi connectivity index (χ4v) is 2.68. The first-order valence-electron chi connectivity index (χ1n) is 7.46. The molecule has 1 aliphatic rings. The summed E-state index contributed by atoms with van der Waals surface area (Å²) in [4.78, 5) is 2.44. The van der Waals surface area contributed by atoms with E-state index in [-0.39, 0.29) is 6.04 Å². The van der Waals surface area contributed by atoms with Gasteiger partial charge in [0, 0.05) is 31.4 Å². The zero-order chi connectivity index (χ0) is 13.7. The van der Waals surface area contributed by atoms with Crippen LogP contribution in [-0.2, 0) is 4.74 Å². The van der Waals surface area contributed by atoms with E-state index >= 15 is 0 Å². The first-order valence-corrected chi connectivity index (χ1v) is 7.46. The van der Waals surface area contributed by atoms with Crippen LogP contribution in [0.3, 0.4) is 0 Å². The maximum absolute atomic E-state index is 6.04. The van der Waals surface area contributed by atoms with E-state index in [0.717, 1.165) is 39.0 Å². The number of rotatable bonds is 5. The van der Waals surface area contributed by atoms with Crippen molar-refractivity contribution in [2.75, 3.05) is 24.6 Å². The molecule has 1 saturated heterocycles. The highest BCUT2D eigenvalue weighted by Crippen LogP contribution is 2.23. The molecule has 1 heterocycles. The lowest BCUT2D eigenvalue weighted by atomic mass is 10.0. The number of piperidine rings is 1. The summed E-state index contributed by atoms with van der Waals surface area (Å²) < 4.78 is 5.69. The van der Waals surface area contributed by atoms with E-state index in [9.17, 15) is 0 Å². The molecule has 2 rings (SSSR count). The largest absolute Gasteiger partial charge is 0.378 e. The van der Waals surface area contributed by atoms with Crippen molar-refractivity contribution in [3.63, 3.8) is 0 Å². The Morgan fingerprint density at radius 3 is 2.37 bits per heavy atom. The third-order valence-corrected chi connectivity index (χ3v) is 3.97. The Kier molecular flexibility index (Phi) is 5.23. The lowest BCUT2D eigenvalue weighted by Gasteiger charge is -2.33. The van der Waals surface area contributed by atoms with E-state index < -0.39 is 0 Å². The molecule has 1 fully saturated rings. The molecule has 0 aromatic heterocycles. The Balaban J connectivity index is 1.92. The minimum absolute atomic E-state index is 0.165. The Hall–Kier alpha value is -1.06. The van der Waals surface area contributed by atoms with E-state index in [1.165, 1.54) is 11.3 Å². The monoisotopic (exact) mass is 262 g/mol. The molecule has 1 unspecified atom stereocenters. The van der Waals surface area contributed by atoms with Gasteiger partial charge >= 0.3 is 0 Å². The molecule has 0 amide bonds. The molecule has 0 spiro atoms. The first kappa shape index (κ1) is 14.4. The van der Waals surface area contributed by atoms with Crippen LogP contribution in [0.2, 0.25) is 0 Å². The van der Waals surface area contributed by atoms with Gasteiger partial charge in [-0.1, -0.05) is 19.1 Å². The van der Waals surface area contributed by atoms with Gasteiger partial charge in [-0.05, 0) is 43.9 Å². The van der Waals surface area contributed by atoms with Crippen molar-refractivity contribution in [3.05, 3.63) is 29.8 Å². The molecule has 2 N–H and O–H groups in total.